The van der Waals surface area contributed by atoms with Crippen LogP contribution in [0.1, 0.15) is 50.0 Å². The third kappa shape index (κ3) is 3.26. The van der Waals surface area contributed by atoms with Crippen LogP contribution in [0.25, 0.3) is 0 Å². The molecular weight excluding hydrogens is 246 g/mol. The summed E-state index contributed by atoms with van der Waals surface area (Å²) in [5.74, 6) is 0.508. The van der Waals surface area contributed by atoms with Gasteiger partial charge in [-0.05, 0) is 36.3 Å². The number of halogens is 1. The van der Waals surface area contributed by atoms with Gasteiger partial charge in [0, 0.05) is 11.4 Å². The molecule has 1 amide bonds. The zero-order valence-corrected chi connectivity index (χ0v) is 11.3. The van der Waals surface area contributed by atoms with Crippen LogP contribution in [0.15, 0.2) is 24.3 Å². The van der Waals surface area contributed by atoms with E-state index in [1.807, 2.05) is 24.3 Å². The topological polar surface area (TPSA) is 43.1 Å². The van der Waals surface area contributed by atoms with Crippen molar-refractivity contribution in [1.82, 2.24) is 0 Å². The second-order valence-corrected chi connectivity index (χ2v) is 5.60. The van der Waals surface area contributed by atoms with Crippen LogP contribution in [0.5, 0.6) is 0 Å². The minimum absolute atomic E-state index is 0.191. The van der Waals surface area contributed by atoms with E-state index in [0.717, 1.165) is 10.6 Å². The first-order chi connectivity index (χ1) is 8.68. The molecule has 0 aromatic heterocycles. The van der Waals surface area contributed by atoms with E-state index in [1.54, 1.807) is 0 Å². The number of carbonyl (C=O) groups is 1. The fraction of sp³-hybridized carbons (Fsp3) is 0.533. The molecule has 0 heterocycles. The molecule has 98 valence electrons. The van der Waals surface area contributed by atoms with Crippen LogP contribution in [0, 0.1) is 5.92 Å². The van der Waals surface area contributed by atoms with Crippen LogP contribution in [0.4, 0.5) is 0 Å². The molecule has 1 aromatic rings. The standard InChI is InChI=1S/C15H20ClNO/c16-14-9-5-4-8-12(14)13(10-15(17)18)11-6-2-1-3-7-11/h4-5,8-9,11,13H,1-3,6-7,10H2,(H2,17,18). The Labute approximate surface area is 114 Å². The molecule has 0 aliphatic heterocycles. The zero-order chi connectivity index (χ0) is 13.0. The maximum Gasteiger partial charge on any atom is 0.218 e. The van der Waals surface area contributed by atoms with E-state index in [2.05, 4.69) is 0 Å². The van der Waals surface area contributed by atoms with Gasteiger partial charge in [-0.15, -0.1) is 0 Å². The lowest BCUT2D eigenvalue weighted by molar-refractivity contribution is -0.118. The Kier molecular flexibility index (Phi) is 4.65. The lowest BCUT2D eigenvalue weighted by atomic mass is 9.75. The first-order valence-electron chi connectivity index (χ1n) is 6.71. The van der Waals surface area contributed by atoms with Gasteiger partial charge in [0.2, 0.25) is 5.91 Å². The smallest absolute Gasteiger partial charge is 0.218 e. The van der Waals surface area contributed by atoms with Crippen LogP contribution in [0.2, 0.25) is 5.02 Å². The highest BCUT2D eigenvalue weighted by atomic mass is 35.5. The lowest BCUT2D eigenvalue weighted by Gasteiger charge is -2.30. The van der Waals surface area contributed by atoms with Gasteiger partial charge in [0.25, 0.3) is 0 Å². The number of nitrogens with two attached hydrogens (primary N) is 1. The van der Waals surface area contributed by atoms with Crippen molar-refractivity contribution < 1.29 is 4.79 Å². The minimum atomic E-state index is -0.231. The average Bonchev–Trinajstić information content (AvgIpc) is 2.38. The van der Waals surface area contributed by atoms with Gasteiger partial charge in [0.15, 0.2) is 0 Å². The minimum Gasteiger partial charge on any atom is -0.370 e. The van der Waals surface area contributed by atoms with Gasteiger partial charge in [-0.3, -0.25) is 4.79 Å². The van der Waals surface area contributed by atoms with Crippen molar-refractivity contribution in [3.05, 3.63) is 34.9 Å². The largest absolute Gasteiger partial charge is 0.370 e. The maximum absolute atomic E-state index is 11.3. The van der Waals surface area contributed by atoms with Gasteiger partial charge in [0.1, 0.15) is 0 Å². The highest BCUT2D eigenvalue weighted by Crippen LogP contribution is 2.40. The Morgan fingerprint density at radius 1 is 1.28 bits per heavy atom. The second kappa shape index (κ2) is 6.24. The SMILES string of the molecule is NC(=O)CC(c1ccccc1Cl)C1CCCCC1. The van der Waals surface area contributed by atoms with Gasteiger partial charge < -0.3 is 5.73 Å². The monoisotopic (exact) mass is 265 g/mol. The van der Waals surface area contributed by atoms with Crippen molar-refractivity contribution in [1.29, 1.82) is 0 Å². The molecule has 0 radical (unpaired) electrons. The number of amides is 1. The van der Waals surface area contributed by atoms with E-state index in [-0.39, 0.29) is 11.8 Å². The summed E-state index contributed by atoms with van der Waals surface area (Å²) in [5, 5.41) is 0.759. The van der Waals surface area contributed by atoms with E-state index in [9.17, 15) is 4.79 Å². The summed E-state index contributed by atoms with van der Waals surface area (Å²) in [6.45, 7) is 0. The summed E-state index contributed by atoms with van der Waals surface area (Å²) in [6, 6.07) is 7.84. The first-order valence-corrected chi connectivity index (χ1v) is 7.09. The lowest BCUT2D eigenvalue weighted by Crippen LogP contribution is -2.23. The number of primary amides is 1. The fourth-order valence-electron chi connectivity index (χ4n) is 3.06. The van der Waals surface area contributed by atoms with Crippen molar-refractivity contribution >= 4 is 17.5 Å². The number of benzene rings is 1. The molecule has 18 heavy (non-hydrogen) atoms. The van der Waals surface area contributed by atoms with Gasteiger partial charge in [-0.2, -0.15) is 0 Å². The van der Waals surface area contributed by atoms with Gasteiger partial charge in [0.05, 0.1) is 0 Å². The van der Waals surface area contributed by atoms with Crippen LogP contribution < -0.4 is 5.73 Å². The molecule has 1 fully saturated rings. The number of hydrogen-bond acceptors (Lipinski definition) is 1. The number of carbonyl (C=O) groups excluding carboxylic acids is 1. The van der Waals surface area contributed by atoms with Crippen molar-refractivity contribution in [2.24, 2.45) is 11.7 Å². The molecule has 1 unspecified atom stereocenters. The molecule has 0 bridgehead atoms. The molecule has 0 saturated heterocycles. The van der Waals surface area contributed by atoms with E-state index >= 15 is 0 Å². The third-order valence-electron chi connectivity index (χ3n) is 3.94. The Morgan fingerprint density at radius 2 is 1.94 bits per heavy atom. The Morgan fingerprint density at radius 3 is 2.56 bits per heavy atom. The fourth-order valence-corrected chi connectivity index (χ4v) is 3.34. The third-order valence-corrected chi connectivity index (χ3v) is 4.29. The van der Waals surface area contributed by atoms with Crippen molar-refractivity contribution in [2.45, 2.75) is 44.4 Å². The molecule has 2 rings (SSSR count). The highest BCUT2D eigenvalue weighted by molar-refractivity contribution is 6.31. The molecule has 1 saturated carbocycles. The molecule has 1 atom stereocenters. The second-order valence-electron chi connectivity index (χ2n) is 5.20. The molecule has 1 aliphatic rings. The predicted octanol–water partition coefficient (Wildman–Crippen LogP) is 3.88. The Balaban J connectivity index is 2.24. The average molecular weight is 266 g/mol. The first kappa shape index (κ1) is 13.4. The van der Waals surface area contributed by atoms with Gasteiger partial charge in [-0.25, -0.2) is 0 Å². The molecule has 0 spiro atoms. The van der Waals surface area contributed by atoms with Crippen molar-refractivity contribution in [2.75, 3.05) is 0 Å². The van der Waals surface area contributed by atoms with Crippen LogP contribution in [-0.2, 0) is 4.79 Å². The van der Waals surface area contributed by atoms with E-state index in [0.29, 0.717) is 12.3 Å². The van der Waals surface area contributed by atoms with Crippen molar-refractivity contribution in [3.8, 4) is 0 Å². The number of hydrogen-bond donors (Lipinski definition) is 1. The van der Waals surface area contributed by atoms with E-state index in [4.69, 9.17) is 17.3 Å². The van der Waals surface area contributed by atoms with Crippen molar-refractivity contribution in [3.63, 3.8) is 0 Å². The van der Waals surface area contributed by atoms with E-state index in [1.165, 1.54) is 32.1 Å². The molecule has 1 aromatic carbocycles. The van der Waals surface area contributed by atoms with Crippen LogP contribution in [-0.4, -0.2) is 5.91 Å². The summed E-state index contributed by atoms with van der Waals surface area (Å²) in [7, 11) is 0. The quantitative estimate of drug-likeness (QED) is 0.882. The number of rotatable bonds is 4. The summed E-state index contributed by atoms with van der Waals surface area (Å²) in [4.78, 5) is 11.3. The van der Waals surface area contributed by atoms with E-state index < -0.39 is 0 Å². The molecule has 2 nitrogen and oxygen atoms in total. The van der Waals surface area contributed by atoms with Gasteiger partial charge in [-0.1, -0.05) is 49.1 Å². The predicted molar refractivity (Wildman–Crippen MR) is 74.6 cm³/mol. The molecular formula is C15H20ClNO. The summed E-state index contributed by atoms with van der Waals surface area (Å²) < 4.78 is 0. The maximum atomic E-state index is 11.3. The normalized spacial score (nSPS) is 18.5. The van der Waals surface area contributed by atoms with Crippen LogP contribution >= 0.6 is 11.6 Å². The van der Waals surface area contributed by atoms with Crippen LogP contribution in [0.3, 0.4) is 0 Å². The molecule has 2 N–H and O–H groups in total. The Bertz CT molecular complexity index is 413. The molecule has 3 heteroatoms. The summed E-state index contributed by atoms with van der Waals surface area (Å²) in [6.07, 6.45) is 6.60. The highest BCUT2D eigenvalue weighted by Gasteiger charge is 2.27. The van der Waals surface area contributed by atoms with Gasteiger partial charge >= 0.3 is 0 Å². The molecule has 1 aliphatic carbocycles. The summed E-state index contributed by atoms with van der Waals surface area (Å²) in [5.41, 5.74) is 6.49. The summed E-state index contributed by atoms with van der Waals surface area (Å²) >= 11 is 6.27. The zero-order valence-electron chi connectivity index (χ0n) is 10.6. The Hall–Kier alpha value is -1.02.